The Balaban J connectivity index is 1.46. The maximum Gasteiger partial charge on any atom is 0.257 e. The highest BCUT2D eigenvalue weighted by atomic mass is 16.5. The van der Waals surface area contributed by atoms with Crippen molar-refractivity contribution in [2.45, 2.75) is 0 Å². The van der Waals surface area contributed by atoms with E-state index < -0.39 is 0 Å². The van der Waals surface area contributed by atoms with Gasteiger partial charge in [-0.3, -0.25) is 9.78 Å². The largest absolute Gasteiger partial charge is 0.378 e. The van der Waals surface area contributed by atoms with Crippen LogP contribution in [0, 0.1) is 0 Å². The van der Waals surface area contributed by atoms with Gasteiger partial charge in [-0.15, -0.1) is 0 Å². The second-order valence-electron chi connectivity index (χ2n) is 7.73. The number of nitrogens with zero attached hydrogens (tertiary/aromatic N) is 6. The minimum Gasteiger partial charge on any atom is -0.378 e. The summed E-state index contributed by atoms with van der Waals surface area (Å²) in [6.07, 6.45) is 3.17. The van der Waals surface area contributed by atoms with E-state index in [1.165, 1.54) is 6.20 Å². The molecule has 1 aromatic carbocycles. The van der Waals surface area contributed by atoms with Gasteiger partial charge in [0.25, 0.3) is 5.91 Å². The van der Waals surface area contributed by atoms with Crippen molar-refractivity contribution in [3.05, 3.63) is 54.4 Å². The molecule has 33 heavy (non-hydrogen) atoms. The molecule has 0 saturated carbocycles. The van der Waals surface area contributed by atoms with E-state index in [0.29, 0.717) is 55.4 Å². The van der Waals surface area contributed by atoms with E-state index in [2.05, 4.69) is 20.1 Å². The molecule has 4 heterocycles. The molecule has 0 aliphatic carbocycles. The zero-order valence-corrected chi connectivity index (χ0v) is 18.2. The molecule has 3 aromatic rings. The Morgan fingerprint density at radius 1 is 0.848 bits per heavy atom. The fourth-order valence-electron chi connectivity index (χ4n) is 3.73. The summed E-state index contributed by atoms with van der Waals surface area (Å²) in [5.41, 5.74) is 1.94. The lowest BCUT2D eigenvalue weighted by molar-refractivity contribution is 0.102. The maximum atomic E-state index is 12.6. The van der Waals surface area contributed by atoms with Crippen molar-refractivity contribution < 1.29 is 14.3 Å². The number of ether oxygens (including phenoxy) is 2. The molecule has 0 unspecified atom stereocenters. The first-order chi connectivity index (χ1) is 16.3. The van der Waals surface area contributed by atoms with Crippen molar-refractivity contribution in [3.8, 4) is 11.4 Å². The Morgan fingerprint density at radius 3 is 2.12 bits per heavy atom. The van der Waals surface area contributed by atoms with E-state index >= 15 is 0 Å². The summed E-state index contributed by atoms with van der Waals surface area (Å²) in [4.78, 5) is 35.1. The van der Waals surface area contributed by atoms with Crippen molar-refractivity contribution in [2.75, 3.05) is 67.7 Å². The van der Waals surface area contributed by atoms with E-state index in [1.54, 1.807) is 18.3 Å². The second-order valence-corrected chi connectivity index (χ2v) is 7.73. The molecule has 2 aliphatic heterocycles. The van der Waals surface area contributed by atoms with Crippen LogP contribution in [0.3, 0.4) is 0 Å². The number of hydrogen-bond acceptors (Lipinski definition) is 9. The SMILES string of the molecule is O=C(Nc1cccc(-c2nc(N3CCOCC3)nc(N3CCOCC3)n2)c1)c1cccnc1. The molecule has 0 bridgehead atoms. The Labute approximate surface area is 191 Å². The zero-order valence-electron chi connectivity index (χ0n) is 18.2. The zero-order chi connectivity index (χ0) is 22.5. The molecule has 2 fully saturated rings. The lowest BCUT2D eigenvalue weighted by atomic mass is 10.1. The molecule has 2 aliphatic rings. The third kappa shape index (κ3) is 5.07. The second kappa shape index (κ2) is 9.88. The number of carbonyl (C=O) groups excluding carboxylic acids is 1. The highest BCUT2D eigenvalue weighted by Gasteiger charge is 2.21. The third-order valence-corrected chi connectivity index (χ3v) is 5.50. The predicted octanol–water partition coefficient (Wildman–Crippen LogP) is 1.86. The molecule has 170 valence electrons. The quantitative estimate of drug-likeness (QED) is 0.627. The number of benzene rings is 1. The van der Waals surface area contributed by atoms with Crippen LogP contribution in [0.25, 0.3) is 11.4 Å². The van der Waals surface area contributed by atoms with E-state index in [0.717, 1.165) is 31.7 Å². The average Bonchev–Trinajstić information content (AvgIpc) is 2.90. The smallest absolute Gasteiger partial charge is 0.257 e. The van der Waals surface area contributed by atoms with Gasteiger partial charge in [-0.05, 0) is 24.3 Å². The molecule has 10 heteroatoms. The van der Waals surface area contributed by atoms with Crippen molar-refractivity contribution in [2.24, 2.45) is 0 Å². The van der Waals surface area contributed by atoms with Crippen LogP contribution >= 0.6 is 0 Å². The monoisotopic (exact) mass is 447 g/mol. The van der Waals surface area contributed by atoms with E-state index in [9.17, 15) is 4.79 Å². The van der Waals surface area contributed by atoms with Gasteiger partial charge in [0.1, 0.15) is 0 Å². The summed E-state index contributed by atoms with van der Waals surface area (Å²) < 4.78 is 11.0. The number of anilines is 3. The molecule has 2 aromatic heterocycles. The average molecular weight is 447 g/mol. The van der Waals surface area contributed by atoms with E-state index in [-0.39, 0.29) is 5.91 Å². The number of morpholine rings is 2. The molecule has 5 rings (SSSR count). The molecule has 0 spiro atoms. The topological polar surface area (TPSA) is 106 Å². The van der Waals surface area contributed by atoms with Crippen LogP contribution in [-0.2, 0) is 9.47 Å². The van der Waals surface area contributed by atoms with Crippen molar-refractivity contribution >= 4 is 23.5 Å². The molecule has 0 radical (unpaired) electrons. The minimum atomic E-state index is -0.223. The third-order valence-electron chi connectivity index (χ3n) is 5.50. The summed E-state index contributed by atoms with van der Waals surface area (Å²) in [5.74, 6) is 1.61. The fourth-order valence-corrected chi connectivity index (χ4v) is 3.73. The number of aromatic nitrogens is 4. The number of nitrogens with one attached hydrogen (secondary N) is 1. The minimum absolute atomic E-state index is 0.223. The molecular formula is C23H25N7O3. The van der Waals surface area contributed by atoms with Crippen molar-refractivity contribution in [1.82, 2.24) is 19.9 Å². The first-order valence-corrected chi connectivity index (χ1v) is 11.0. The van der Waals surface area contributed by atoms with Crippen LogP contribution in [0.4, 0.5) is 17.6 Å². The normalized spacial score (nSPS) is 16.5. The maximum absolute atomic E-state index is 12.6. The summed E-state index contributed by atoms with van der Waals surface area (Å²) in [6.45, 7) is 5.49. The molecule has 2 saturated heterocycles. The summed E-state index contributed by atoms with van der Waals surface area (Å²) in [7, 11) is 0. The lowest BCUT2D eigenvalue weighted by Gasteiger charge is -2.30. The van der Waals surface area contributed by atoms with Gasteiger partial charge in [0.05, 0.1) is 32.0 Å². The van der Waals surface area contributed by atoms with Crippen molar-refractivity contribution in [3.63, 3.8) is 0 Å². The van der Waals surface area contributed by atoms with E-state index in [4.69, 9.17) is 24.4 Å². The van der Waals surface area contributed by atoms with Crippen LogP contribution in [0.5, 0.6) is 0 Å². The van der Waals surface area contributed by atoms with Gasteiger partial charge >= 0.3 is 0 Å². The van der Waals surface area contributed by atoms with E-state index in [1.807, 2.05) is 24.3 Å². The highest BCUT2D eigenvalue weighted by Crippen LogP contribution is 2.25. The summed E-state index contributed by atoms with van der Waals surface area (Å²) in [5, 5.41) is 2.92. The highest BCUT2D eigenvalue weighted by molar-refractivity contribution is 6.04. The van der Waals surface area contributed by atoms with Gasteiger partial charge < -0.3 is 24.6 Å². The van der Waals surface area contributed by atoms with Gasteiger partial charge in [-0.1, -0.05) is 12.1 Å². The van der Waals surface area contributed by atoms with Crippen LogP contribution in [-0.4, -0.2) is 78.4 Å². The fraction of sp³-hybridized carbons (Fsp3) is 0.348. The Hall–Kier alpha value is -3.63. The number of amides is 1. The van der Waals surface area contributed by atoms with Gasteiger partial charge in [0.2, 0.25) is 11.9 Å². The van der Waals surface area contributed by atoms with Gasteiger partial charge in [0.15, 0.2) is 5.82 Å². The van der Waals surface area contributed by atoms with Gasteiger partial charge in [-0.25, -0.2) is 0 Å². The van der Waals surface area contributed by atoms with Gasteiger partial charge in [-0.2, -0.15) is 15.0 Å². The Bertz CT molecular complexity index is 1060. The Kier molecular flexibility index (Phi) is 6.36. The number of carbonyl (C=O) groups is 1. The van der Waals surface area contributed by atoms with Crippen molar-refractivity contribution in [1.29, 1.82) is 0 Å². The summed E-state index contributed by atoms with van der Waals surface area (Å²) in [6, 6.07) is 11.0. The molecule has 1 N–H and O–H groups in total. The predicted molar refractivity (Wildman–Crippen MR) is 124 cm³/mol. The van der Waals surface area contributed by atoms with Crippen LogP contribution < -0.4 is 15.1 Å². The first-order valence-electron chi connectivity index (χ1n) is 11.0. The van der Waals surface area contributed by atoms with Crippen LogP contribution in [0.2, 0.25) is 0 Å². The lowest BCUT2D eigenvalue weighted by Crippen LogP contribution is -2.40. The number of pyridine rings is 1. The number of rotatable bonds is 5. The molecule has 1 amide bonds. The molecule has 0 atom stereocenters. The Morgan fingerprint density at radius 2 is 1.52 bits per heavy atom. The first kappa shape index (κ1) is 21.2. The molecule has 10 nitrogen and oxygen atoms in total. The summed E-state index contributed by atoms with van der Waals surface area (Å²) >= 11 is 0. The van der Waals surface area contributed by atoms with Crippen LogP contribution in [0.1, 0.15) is 10.4 Å². The van der Waals surface area contributed by atoms with Gasteiger partial charge in [0, 0.05) is 49.8 Å². The number of hydrogen-bond donors (Lipinski definition) is 1. The molecular weight excluding hydrogens is 422 g/mol. The van der Waals surface area contributed by atoms with Crippen LogP contribution in [0.15, 0.2) is 48.8 Å². The standard InChI is InChI=1S/C23H25N7O3/c31-21(18-4-2-6-24-16-18)25-19-5-1-3-17(15-19)20-26-22(29-7-11-32-12-8-29)28-23(27-20)30-9-13-33-14-10-30/h1-6,15-16H,7-14H2,(H,25,31).